The third-order valence-electron chi connectivity index (χ3n) is 10.8. The number of rotatable bonds is 8. The molecule has 284 valence electrons. The average Bonchev–Trinajstić information content (AvgIpc) is 3.60. The quantitative estimate of drug-likeness (QED) is 0.298. The fraction of sp³-hybridized carbons (Fsp3) is 0.615. The van der Waals surface area contributed by atoms with Crippen LogP contribution in [0.15, 0.2) is 48.5 Å². The Balaban J connectivity index is 1.25. The Morgan fingerprint density at radius 2 is 1.62 bits per heavy atom. The minimum atomic E-state index is -5.06. The van der Waals surface area contributed by atoms with Crippen LogP contribution >= 0.6 is 0 Å². The molecule has 4 aliphatic rings. The molecule has 0 radical (unpaired) electrons. The van der Waals surface area contributed by atoms with E-state index >= 15 is 0 Å². The maximum atomic E-state index is 13.7. The summed E-state index contributed by atoms with van der Waals surface area (Å²) < 4.78 is 52.9. The summed E-state index contributed by atoms with van der Waals surface area (Å²) in [6.07, 6.45) is 0.588. The van der Waals surface area contributed by atoms with Crippen LogP contribution in [0.3, 0.4) is 0 Å². The molecule has 7 atom stereocenters. The molecule has 3 saturated heterocycles. The molecule has 3 aliphatic heterocycles. The molecular weight excluding hydrogens is 677 g/mol. The van der Waals surface area contributed by atoms with Crippen LogP contribution in [0, 0.1) is 5.92 Å². The van der Waals surface area contributed by atoms with Gasteiger partial charge in [0.05, 0.1) is 24.9 Å². The number of hydrogen-bond acceptors (Lipinski definition) is 7. The zero-order valence-electron chi connectivity index (χ0n) is 30.2. The number of halogens is 3. The summed E-state index contributed by atoms with van der Waals surface area (Å²) in [6, 6.07) is 13.2. The molecular formula is C39H51F3N4O6. The van der Waals surface area contributed by atoms with Crippen LogP contribution in [0.1, 0.15) is 108 Å². The van der Waals surface area contributed by atoms with Gasteiger partial charge in [0.15, 0.2) is 6.29 Å². The first kappa shape index (κ1) is 38.2. The van der Waals surface area contributed by atoms with Crippen molar-refractivity contribution in [1.82, 2.24) is 15.1 Å². The van der Waals surface area contributed by atoms with Gasteiger partial charge in [-0.3, -0.25) is 19.3 Å². The van der Waals surface area contributed by atoms with Gasteiger partial charge < -0.3 is 30.1 Å². The number of ether oxygens (including phenoxy) is 2. The van der Waals surface area contributed by atoms with Crippen molar-refractivity contribution in [3.8, 4) is 0 Å². The van der Waals surface area contributed by atoms with Gasteiger partial charge in [0.2, 0.25) is 11.8 Å². The molecule has 6 rings (SSSR count). The van der Waals surface area contributed by atoms with Gasteiger partial charge in [-0.2, -0.15) is 13.2 Å². The second kappa shape index (κ2) is 15.8. The molecule has 1 aliphatic carbocycles. The lowest BCUT2D eigenvalue weighted by Crippen LogP contribution is -2.61. The van der Waals surface area contributed by atoms with E-state index in [0.29, 0.717) is 41.5 Å². The zero-order valence-corrected chi connectivity index (χ0v) is 30.2. The number of anilines is 1. The Bertz CT molecular complexity index is 1580. The number of carbonyl (C=O) groups is 3. The highest BCUT2D eigenvalue weighted by atomic mass is 19.4. The minimum absolute atomic E-state index is 0.0254. The SMILES string of the molecule is CC(C)(C)NC(=O)[C@H]1CC[C@H]2CCCC[C@H]2N1C[C@H]1C[C@@H](c2ccc(CO)cc2)O[C@@H](c2cccc(NC(=O)[C@@H]3CCCN3C(=O)C(F)(F)F)c2)O1. The summed E-state index contributed by atoms with van der Waals surface area (Å²) >= 11 is 0. The van der Waals surface area contributed by atoms with Gasteiger partial charge in [0, 0.05) is 42.3 Å². The number of nitrogens with one attached hydrogen (secondary N) is 2. The van der Waals surface area contributed by atoms with Gasteiger partial charge in [0.25, 0.3) is 0 Å². The summed E-state index contributed by atoms with van der Waals surface area (Å²) in [5.74, 6) is -2.16. The number of hydrogen-bond donors (Lipinski definition) is 3. The van der Waals surface area contributed by atoms with Crippen LogP contribution in [0.4, 0.5) is 18.9 Å². The number of benzene rings is 2. The molecule has 0 unspecified atom stereocenters. The number of aliphatic hydroxyl groups excluding tert-OH is 1. The number of alkyl halides is 3. The van der Waals surface area contributed by atoms with E-state index in [-0.39, 0.29) is 55.3 Å². The van der Waals surface area contributed by atoms with Crippen molar-refractivity contribution in [2.75, 3.05) is 18.4 Å². The molecule has 3 heterocycles. The highest BCUT2D eigenvalue weighted by Crippen LogP contribution is 2.42. The molecule has 3 N–H and O–H groups in total. The Labute approximate surface area is 303 Å². The van der Waals surface area contributed by atoms with Gasteiger partial charge in [-0.05, 0) is 88.5 Å². The molecule has 2 aromatic carbocycles. The number of fused-ring (bicyclic) bond motifs is 1. The summed E-state index contributed by atoms with van der Waals surface area (Å²) in [5, 5.41) is 15.6. The lowest BCUT2D eigenvalue weighted by atomic mass is 9.75. The Morgan fingerprint density at radius 1 is 0.865 bits per heavy atom. The number of nitrogens with zero attached hydrogens (tertiary/aromatic N) is 2. The Morgan fingerprint density at radius 3 is 2.33 bits per heavy atom. The van der Waals surface area contributed by atoms with Crippen molar-refractivity contribution in [2.24, 2.45) is 5.92 Å². The third-order valence-corrected chi connectivity index (χ3v) is 10.8. The van der Waals surface area contributed by atoms with Gasteiger partial charge in [0.1, 0.15) is 6.04 Å². The Kier molecular flexibility index (Phi) is 11.6. The molecule has 0 spiro atoms. The van der Waals surface area contributed by atoms with E-state index in [1.165, 1.54) is 6.42 Å². The van der Waals surface area contributed by atoms with E-state index in [0.717, 1.165) is 43.2 Å². The summed E-state index contributed by atoms with van der Waals surface area (Å²) in [6.45, 7) is 6.26. The van der Waals surface area contributed by atoms with Crippen LogP contribution in [-0.2, 0) is 30.5 Å². The van der Waals surface area contributed by atoms with E-state index in [1.807, 2.05) is 45.0 Å². The first-order chi connectivity index (χ1) is 24.7. The zero-order chi connectivity index (χ0) is 37.2. The first-order valence-corrected chi connectivity index (χ1v) is 18.6. The smallest absolute Gasteiger partial charge is 0.392 e. The maximum Gasteiger partial charge on any atom is 0.471 e. The fourth-order valence-corrected chi connectivity index (χ4v) is 8.43. The largest absolute Gasteiger partial charge is 0.471 e. The van der Waals surface area contributed by atoms with Crippen molar-refractivity contribution in [3.05, 3.63) is 65.2 Å². The van der Waals surface area contributed by atoms with Crippen molar-refractivity contribution in [3.63, 3.8) is 0 Å². The number of likely N-dealkylation sites (tertiary alicyclic amines) is 2. The molecule has 10 nitrogen and oxygen atoms in total. The normalized spacial score (nSPS) is 28.6. The van der Waals surface area contributed by atoms with Crippen molar-refractivity contribution in [1.29, 1.82) is 0 Å². The van der Waals surface area contributed by atoms with E-state index in [1.54, 1.807) is 24.3 Å². The summed E-state index contributed by atoms with van der Waals surface area (Å²) in [4.78, 5) is 41.9. The van der Waals surface area contributed by atoms with Crippen molar-refractivity contribution >= 4 is 23.4 Å². The summed E-state index contributed by atoms with van der Waals surface area (Å²) in [5.41, 5.74) is 2.25. The second-order valence-electron chi connectivity index (χ2n) is 15.8. The number of amides is 3. The third kappa shape index (κ3) is 8.98. The molecule has 52 heavy (non-hydrogen) atoms. The molecule has 1 saturated carbocycles. The molecule has 4 fully saturated rings. The summed E-state index contributed by atoms with van der Waals surface area (Å²) in [7, 11) is 0. The van der Waals surface area contributed by atoms with E-state index in [2.05, 4.69) is 15.5 Å². The van der Waals surface area contributed by atoms with Gasteiger partial charge in [-0.25, -0.2) is 0 Å². The van der Waals surface area contributed by atoms with Crippen LogP contribution < -0.4 is 10.6 Å². The van der Waals surface area contributed by atoms with E-state index in [9.17, 15) is 32.7 Å². The lowest BCUT2D eigenvalue weighted by Gasteiger charge is -2.50. The number of piperidine rings is 1. The highest BCUT2D eigenvalue weighted by Gasteiger charge is 2.48. The maximum absolute atomic E-state index is 13.7. The predicted octanol–water partition coefficient (Wildman–Crippen LogP) is 6.15. The van der Waals surface area contributed by atoms with Crippen LogP contribution in [0.25, 0.3) is 0 Å². The number of aliphatic hydroxyl groups is 1. The molecule has 0 bridgehead atoms. The fourth-order valence-electron chi connectivity index (χ4n) is 8.43. The van der Waals surface area contributed by atoms with Crippen molar-refractivity contribution in [2.45, 2.75) is 134 Å². The van der Waals surface area contributed by atoms with Crippen LogP contribution in [-0.4, -0.2) is 81.7 Å². The first-order valence-electron chi connectivity index (χ1n) is 18.6. The Hall–Kier alpha value is -3.52. The van der Waals surface area contributed by atoms with Crippen molar-refractivity contribution < 1.29 is 42.1 Å². The standard InChI is InChI=1S/C39H51F3N4O6/c1-38(2,3)44-35(49)32-18-17-25-8-4-5-11-30(25)46(32)22-29-21-33(26-15-13-24(23-47)14-16-26)52-36(51-29)27-9-6-10-28(20-27)43-34(48)31-12-7-19-45(31)37(50)39(40,41)42/h6,9-10,13-16,20,25,29-33,36,47H,4-5,7-8,11-12,17-19,21-23H2,1-3H3,(H,43,48)(H,44,49)/t25-,29-,30-,31+,32-,33+,36+/m1/s1. The second-order valence-corrected chi connectivity index (χ2v) is 15.8. The van der Waals surface area contributed by atoms with Gasteiger partial charge in [-0.15, -0.1) is 0 Å². The number of carbonyl (C=O) groups excluding carboxylic acids is 3. The lowest BCUT2D eigenvalue weighted by molar-refractivity contribution is -0.255. The average molecular weight is 729 g/mol. The van der Waals surface area contributed by atoms with Crippen LogP contribution in [0.5, 0.6) is 0 Å². The molecule has 0 aromatic heterocycles. The monoisotopic (exact) mass is 728 g/mol. The topological polar surface area (TPSA) is 120 Å². The van der Waals surface area contributed by atoms with Gasteiger partial charge in [-0.1, -0.05) is 49.2 Å². The van der Waals surface area contributed by atoms with Crippen LogP contribution in [0.2, 0.25) is 0 Å². The van der Waals surface area contributed by atoms with Gasteiger partial charge >= 0.3 is 12.1 Å². The molecule has 3 amide bonds. The molecule has 13 heteroatoms. The van der Waals surface area contributed by atoms with E-state index < -0.39 is 30.3 Å². The highest BCUT2D eigenvalue weighted by molar-refractivity contribution is 5.98. The predicted molar refractivity (Wildman–Crippen MR) is 188 cm³/mol. The van der Waals surface area contributed by atoms with E-state index in [4.69, 9.17) is 9.47 Å². The molecule has 2 aromatic rings. The minimum Gasteiger partial charge on any atom is -0.392 e.